The number of aryl methyl sites for hydroxylation is 2. The number of benzene rings is 2. The first-order valence-corrected chi connectivity index (χ1v) is 10.9. The van der Waals surface area contributed by atoms with E-state index in [0.29, 0.717) is 16.3 Å². The zero-order valence-corrected chi connectivity index (χ0v) is 17.5. The van der Waals surface area contributed by atoms with Crippen molar-refractivity contribution in [2.45, 2.75) is 38.7 Å². The van der Waals surface area contributed by atoms with E-state index in [1.807, 2.05) is 36.4 Å². The number of rotatable bonds is 6. The molecule has 2 aromatic carbocycles. The van der Waals surface area contributed by atoms with E-state index < -0.39 is 12.1 Å². The summed E-state index contributed by atoms with van der Waals surface area (Å²) >= 11 is 1.48. The van der Waals surface area contributed by atoms with Gasteiger partial charge in [-0.15, -0.1) is 11.3 Å². The van der Waals surface area contributed by atoms with Gasteiger partial charge in [0.05, 0.1) is 0 Å². The van der Waals surface area contributed by atoms with Crippen molar-refractivity contribution in [1.82, 2.24) is 0 Å². The summed E-state index contributed by atoms with van der Waals surface area (Å²) in [7, 11) is 0. The van der Waals surface area contributed by atoms with Gasteiger partial charge in [0.1, 0.15) is 16.4 Å². The van der Waals surface area contributed by atoms with Crippen molar-refractivity contribution < 1.29 is 19.1 Å². The van der Waals surface area contributed by atoms with Crippen molar-refractivity contribution in [3.8, 4) is 11.5 Å². The highest BCUT2D eigenvalue weighted by Gasteiger charge is 2.22. The van der Waals surface area contributed by atoms with Crippen LogP contribution in [0.4, 0.5) is 5.69 Å². The highest BCUT2D eigenvalue weighted by Crippen LogP contribution is 2.30. The van der Waals surface area contributed by atoms with Crippen LogP contribution >= 0.6 is 11.3 Å². The Morgan fingerprint density at radius 3 is 2.40 bits per heavy atom. The van der Waals surface area contributed by atoms with E-state index in [1.54, 1.807) is 31.2 Å². The number of nitrogens with one attached hydrogen (secondary N) is 1. The summed E-state index contributed by atoms with van der Waals surface area (Å²) in [5, 5.41) is 2.77. The van der Waals surface area contributed by atoms with Gasteiger partial charge < -0.3 is 14.8 Å². The van der Waals surface area contributed by atoms with Gasteiger partial charge in [0, 0.05) is 10.6 Å². The molecule has 1 aromatic heterocycles. The van der Waals surface area contributed by atoms with Gasteiger partial charge in [-0.05, 0) is 80.6 Å². The number of carbonyl (C=O) groups is 2. The first-order chi connectivity index (χ1) is 14.6. The largest absolute Gasteiger partial charge is 0.457 e. The molecule has 3 aromatic rings. The fraction of sp³-hybridized carbons (Fsp3) is 0.250. The summed E-state index contributed by atoms with van der Waals surface area (Å²) < 4.78 is 11.1. The molecule has 1 amide bonds. The third kappa shape index (κ3) is 4.89. The molecule has 1 N–H and O–H groups in total. The molecular weight excluding hydrogens is 398 g/mol. The molecule has 0 bridgehead atoms. The summed E-state index contributed by atoms with van der Waals surface area (Å²) in [5.41, 5.74) is 1.85. The van der Waals surface area contributed by atoms with Gasteiger partial charge in [0.25, 0.3) is 5.91 Å². The molecule has 0 spiro atoms. The maximum absolute atomic E-state index is 12.4. The molecule has 0 radical (unpaired) electrons. The Bertz CT molecular complexity index is 1000. The smallest absolute Gasteiger partial charge is 0.349 e. The summed E-state index contributed by atoms with van der Waals surface area (Å²) in [6.45, 7) is 1.58. The van der Waals surface area contributed by atoms with E-state index in [1.165, 1.54) is 21.8 Å². The van der Waals surface area contributed by atoms with Crippen LogP contribution in [0.25, 0.3) is 0 Å². The van der Waals surface area contributed by atoms with Crippen LogP contribution in [0.15, 0.2) is 60.7 Å². The fourth-order valence-corrected chi connectivity index (χ4v) is 4.47. The van der Waals surface area contributed by atoms with Crippen molar-refractivity contribution in [2.24, 2.45) is 0 Å². The van der Waals surface area contributed by atoms with Crippen molar-refractivity contribution in [1.29, 1.82) is 0 Å². The summed E-state index contributed by atoms with van der Waals surface area (Å²) in [5.74, 6) is 0.593. The molecular formula is C24H23NO4S. The molecule has 1 heterocycles. The van der Waals surface area contributed by atoms with Crippen LogP contribution in [0.3, 0.4) is 0 Å². The standard InChI is InChI=1S/C24H23NO4S/c1-16(28-24(27)22-15-17-7-5-6-10-21(17)30-22)23(26)25-18-11-13-20(14-12-18)29-19-8-3-2-4-9-19/h2-4,8-9,11-16H,5-7,10H2,1H3,(H,25,26). The molecule has 1 unspecified atom stereocenters. The van der Waals surface area contributed by atoms with Crippen LogP contribution in [0.5, 0.6) is 11.5 Å². The molecule has 5 nitrogen and oxygen atoms in total. The number of esters is 1. The molecule has 1 aliphatic rings. The number of ether oxygens (including phenoxy) is 2. The second-order valence-electron chi connectivity index (χ2n) is 7.24. The highest BCUT2D eigenvalue weighted by molar-refractivity contribution is 7.14. The minimum atomic E-state index is -0.892. The number of hydrogen-bond donors (Lipinski definition) is 1. The number of thiophene rings is 1. The molecule has 30 heavy (non-hydrogen) atoms. The van der Waals surface area contributed by atoms with E-state index in [9.17, 15) is 9.59 Å². The number of carbonyl (C=O) groups excluding carboxylic acids is 2. The first kappa shape index (κ1) is 20.2. The normalized spacial score (nSPS) is 13.8. The van der Waals surface area contributed by atoms with Gasteiger partial charge in [-0.25, -0.2) is 4.79 Å². The average molecular weight is 422 g/mol. The van der Waals surface area contributed by atoms with Crippen molar-refractivity contribution in [3.63, 3.8) is 0 Å². The van der Waals surface area contributed by atoms with Gasteiger partial charge in [0.15, 0.2) is 6.10 Å². The number of anilines is 1. The van der Waals surface area contributed by atoms with Gasteiger partial charge in [-0.1, -0.05) is 18.2 Å². The SMILES string of the molecule is CC(OC(=O)c1cc2c(s1)CCCC2)C(=O)Nc1ccc(Oc2ccccc2)cc1. The van der Waals surface area contributed by atoms with Crippen LogP contribution in [0.2, 0.25) is 0 Å². The lowest BCUT2D eigenvalue weighted by molar-refractivity contribution is -0.123. The minimum Gasteiger partial charge on any atom is -0.457 e. The quantitative estimate of drug-likeness (QED) is 0.526. The third-order valence-electron chi connectivity index (χ3n) is 4.95. The topological polar surface area (TPSA) is 64.6 Å². The van der Waals surface area contributed by atoms with Crippen LogP contribution in [0, 0.1) is 0 Å². The van der Waals surface area contributed by atoms with E-state index in [2.05, 4.69) is 5.32 Å². The second-order valence-corrected chi connectivity index (χ2v) is 8.38. The van der Waals surface area contributed by atoms with E-state index in [4.69, 9.17) is 9.47 Å². The summed E-state index contributed by atoms with van der Waals surface area (Å²) in [6.07, 6.45) is 3.46. The van der Waals surface area contributed by atoms with Crippen molar-refractivity contribution in [3.05, 3.63) is 76.0 Å². The molecule has 0 aliphatic heterocycles. The molecule has 6 heteroatoms. The lowest BCUT2D eigenvalue weighted by atomic mass is 9.99. The van der Waals surface area contributed by atoms with Gasteiger partial charge in [-0.2, -0.15) is 0 Å². The molecule has 0 fully saturated rings. The molecule has 1 aliphatic carbocycles. The second kappa shape index (κ2) is 9.13. The van der Waals surface area contributed by atoms with Crippen LogP contribution in [0.1, 0.15) is 39.9 Å². The number of para-hydroxylation sites is 1. The molecule has 0 saturated carbocycles. The van der Waals surface area contributed by atoms with Crippen LogP contribution in [-0.2, 0) is 22.4 Å². The van der Waals surface area contributed by atoms with Crippen molar-refractivity contribution >= 4 is 28.9 Å². The number of fused-ring (bicyclic) bond motifs is 1. The molecule has 4 rings (SSSR count). The number of amides is 1. The Kier molecular flexibility index (Phi) is 6.14. The summed E-state index contributed by atoms with van der Waals surface area (Å²) in [6, 6.07) is 18.4. The molecule has 1 atom stereocenters. The molecule has 154 valence electrons. The average Bonchev–Trinajstić information content (AvgIpc) is 3.20. The predicted octanol–water partition coefficient (Wildman–Crippen LogP) is 5.60. The Morgan fingerprint density at radius 2 is 1.67 bits per heavy atom. The monoisotopic (exact) mass is 421 g/mol. The zero-order valence-electron chi connectivity index (χ0n) is 16.7. The fourth-order valence-electron chi connectivity index (χ4n) is 3.34. The van der Waals surface area contributed by atoms with Crippen molar-refractivity contribution in [2.75, 3.05) is 5.32 Å². The zero-order chi connectivity index (χ0) is 20.9. The Balaban J connectivity index is 1.31. The lowest BCUT2D eigenvalue weighted by Gasteiger charge is -2.13. The van der Waals surface area contributed by atoms with E-state index in [-0.39, 0.29) is 5.91 Å². The predicted molar refractivity (Wildman–Crippen MR) is 117 cm³/mol. The first-order valence-electron chi connectivity index (χ1n) is 10.0. The maximum atomic E-state index is 12.4. The Hall–Kier alpha value is -3.12. The number of hydrogen-bond acceptors (Lipinski definition) is 5. The van der Waals surface area contributed by atoms with E-state index >= 15 is 0 Å². The Labute approximate surface area is 179 Å². The lowest BCUT2D eigenvalue weighted by Crippen LogP contribution is -2.29. The van der Waals surface area contributed by atoms with Gasteiger partial charge in [0.2, 0.25) is 0 Å². The van der Waals surface area contributed by atoms with Crippen LogP contribution in [-0.4, -0.2) is 18.0 Å². The minimum absolute atomic E-state index is 0.374. The maximum Gasteiger partial charge on any atom is 0.349 e. The summed E-state index contributed by atoms with van der Waals surface area (Å²) in [4.78, 5) is 26.7. The molecule has 0 saturated heterocycles. The van der Waals surface area contributed by atoms with Gasteiger partial charge in [-0.3, -0.25) is 4.79 Å². The highest BCUT2D eigenvalue weighted by atomic mass is 32.1. The Morgan fingerprint density at radius 1 is 0.967 bits per heavy atom. The van der Waals surface area contributed by atoms with Crippen LogP contribution < -0.4 is 10.1 Å². The third-order valence-corrected chi connectivity index (χ3v) is 6.17. The van der Waals surface area contributed by atoms with E-state index in [0.717, 1.165) is 31.4 Å². The van der Waals surface area contributed by atoms with Gasteiger partial charge >= 0.3 is 5.97 Å².